The Balaban J connectivity index is 2.15. The molecule has 6 heteroatoms. The Morgan fingerprint density at radius 1 is 1.56 bits per heavy atom. The highest BCUT2D eigenvalue weighted by Gasteiger charge is 2.17. The molecule has 0 amide bonds. The average Bonchev–Trinajstić information content (AvgIpc) is 2.73. The van der Waals surface area contributed by atoms with Crippen molar-refractivity contribution in [2.45, 2.75) is 12.5 Å². The van der Waals surface area contributed by atoms with E-state index in [2.05, 4.69) is 10.6 Å². The summed E-state index contributed by atoms with van der Waals surface area (Å²) >= 11 is 5.73. The van der Waals surface area contributed by atoms with Crippen LogP contribution in [0.15, 0.2) is 18.2 Å². The minimum absolute atomic E-state index is 0.0578. The SMILES string of the molecule is O=[N+]([O-])c1cc(NC2CCNC2)ccc1Cl. The van der Waals surface area contributed by atoms with Crippen molar-refractivity contribution in [1.29, 1.82) is 0 Å². The molecule has 0 radical (unpaired) electrons. The summed E-state index contributed by atoms with van der Waals surface area (Å²) in [5.41, 5.74) is 0.683. The number of hydrogen-bond acceptors (Lipinski definition) is 4. The van der Waals surface area contributed by atoms with E-state index in [9.17, 15) is 10.1 Å². The molecular formula is C10H12ClN3O2. The molecule has 5 nitrogen and oxygen atoms in total. The molecule has 1 atom stereocenters. The van der Waals surface area contributed by atoms with Gasteiger partial charge in [-0.05, 0) is 25.1 Å². The third-order valence-corrected chi connectivity index (χ3v) is 2.89. The van der Waals surface area contributed by atoms with Crippen LogP contribution in [-0.2, 0) is 0 Å². The highest BCUT2D eigenvalue weighted by molar-refractivity contribution is 6.32. The second-order valence-corrected chi connectivity index (χ2v) is 4.16. The van der Waals surface area contributed by atoms with E-state index in [1.807, 2.05) is 0 Å². The van der Waals surface area contributed by atoms with Gasteiger partial charge in [-0.25, -0.2) is 0 Å². The largest absolute Gasteiger partial charge is 0.381 e. The monoisotopic (exact) mass is 241 g/mol. The fourth-order valence-electron chi connectivity index (χ4n) is 1.76. The minimum atomic E-state index is -0.472. The van der Waals surface area contributed by atoms with E-state index in [1.54, 1.807) is 12.1 Å². The quantitative estimate of drug-likeness (QED) is 0.628. The van der Waals surface area contributed by atoms with Crippen molar-refractivity contribution in [3.05, 3.63) is 33.3 Å². The van der Waals surface area contributed by atoms with Crippen LogP contribution in [0.1, 0.15) is 6.42 Å². The summed E-state index contributed by atoms with van der Waals surface area (Å²) in [4.78, 5) is 10.2. The molecule has 1 aliphatic heterocycles. The maximum Gasteiger partial charge on any atom is 0.289 e. The number of nitro groups is 1. The first-order valence-electron chi connectivity index (χ1n) is 5.08. The maximum atomic E-state index is 10.7. The van der Waals surface area contributed by atoms with Gasteiger partial charge in [0, 0.05) is 24.3 Å². The lowest BCUT2D eigenvalue weighted by Gasteiger charge is -2.12. The Kier molecular flexibility index (Phi) is 3.26. The number of nitro benzene ring substituents is 1. The number of rotatable bonds is 3. The van der Waals surface area contributed by atoms with Crippen LogP contribution in [0.25, 0.3) is 0 Å². The number of halogens is 1. The molecule has 1 aromatic rings. The molecule has 0 aliphatic carbocycles. The molecule has 1 aromatic carbocycles. The number of nitrogens with zero attached hydrogens (tertiary/aromatic N) is 1. The summed E-state index contributed by atoms with van der Waals surface area (Å²) in [6.45, 7) is 1.86. The lowest BCUT2D eigenvalue weighted by molar-refractivity contribution is -0.384. The Hall–Kier alpha value is -1.33. The zero-order chi connectivity index (χ0) is 11.5. The highest BCUT2D eigenvalue weighted by atomic mass is 35.5. The zero-order valence-electron chi connectivity index (χ0n) is 8.57. The van der Waals surface area contributed by atoms with Crippen molar-refractivity contribution in [2.75, 3.05) is 18.4 Å². The van der Waals surface area contributed by atoms with Crippen LogP contribution in [-0.4, -0.2) is 24.1 Å². The van der Waals surface area contributed by atoms with Crippen LogP contribution < -0.4 is 10.6 Å². The van der Waals surface area contributed by atoms with Crippen LogP contribution in [0.5, 0.6) is 0 Å². The molecule has 0 bridgehead atoms. The van der Waals surface area contributed by atoms with Crippen molar-refractivity contribution in [1.82, 2.24) is 5.32 Å². The summed E-state index contributed by atoms with van der Waals surface area (Å²) in [6.07, 6.45) is 1.02. The van der Waals surface area contributed by atoms with Crippen molar-refractivity contribution in [3.63, 3.8) is 0 Å². The number of benzene rings is 1. The number of anilines is 1. The normalized spacial score (nSPS) is 19.7. The third-order valence-electron chi connectivity index (χ3n) is 2.57. The van der Waals surface area contributed by atoms with E-state index in [0.29, 0.717) is 6.04 Å². The Bertz CT molecular complexity index is 405. The van der Waals surface area contributed by atoms with E-state index in [1.165, 1.54) is 6.07 Å². The molecule has 1 fully saturated rings. The van der Waals surface area contributed by atoms with Crippen LogP contribution in [0, 0.1) is 10.1 Å². The molecule has 1 aliphatic rings. The second-order valence-electron chi connectivity index (χ2n) is 3.76. The summed E-state index contributed by atoms with van der Waals surface area (Å²) in [7, 11) is 0. The van der Waals surface area contributed by atoms with Gasteiger partial charge in [-0.1, -0.05) is 11.6 Å². The first-order chi connectivity index (χ1) is 7.66. The van der Waals surface area contributed by atoms with Gasteiger partial charge in [0.25, 0.3) is 5.69 Å². The van der Waals surface area contributed by atoms with Gasteiger partial charge in [-0.3, -0.25) is 10.1 Å². The van der Waals surface area contributed by atoms with E-state index < -0.39 is 4.92 Å². The van der Waals surface area contributed by atoms with Crippen molar-refractivity contribution in [2.24, 2.45) is 0 Å². The molecule has 1 heterocycles. The van der Waals surface area contributed by atoms with Crippen molar-refractivity contribution in [3.8, 4) is 0 Å². The Morgan fingerprint density at radius 2 is 2.38 bits per heavy atom. The summed E-state index contributed by atoms with van der Waals surface area (Å²) < 4.78 is 0. The molecule has 0 spiro atoms. The smallest absolute Gasteiger partial charge is 0.289 e. The predicted molar refractivity (Wildman–Crippen MR) is 63.0 cm³/mol. The van der Waals surface area contributed by atoms with Gasteiger partial charge < -0.3 is 10.6 Å². The highest BCUT2D eigenvalue weighted by Crippen LogP contribution is 2.27. The third kappa shape index (κ3) is 2.43. The van der Waals surface area contributed by atoms with Crippen molar-refractivity contribution >= 4 is 23.0 Å². The van der Waals surface area contributed by atoms with Gasteiger partial charge in [0.2, 0.25) is 0 Å². The van der Waals surface area contributed by atoms with Crippen molar-refractivity contribution < 1.29 is 4.92 Å². The van der Waals surface area contributed by atoms with E-state index in [0.717, 1.165) is 25.2 Å². The topological polar surface area (TPSA) is 67.2 Å². The van der Waals surface area contributed by atoms with Gasteiger partial charge in [-0.2, -0.15) is 0 Å². The molecule has 1 saturated heterocycles. The van der Waals surface area contributed by atoms with E-state index in [-0.39, 0.29) is 10.7 Å². The molecule has 0 saturated carbocycles. The molecule has 1 unspecified atom stereocenters. The van der Waals surface area contributed by atoms with Gasteiger partial charge in [-0.15, -0.1) is 0 Å². The Labute approximate surface area is 97.9 Å². The summed E-state index contributed by atoms with van der Waals surface area (Å²) in [5, 5.41) is 17.3. The lowest BCUT2D eigenvalue weighted by Crippen LogP contribution is -2.22. The van der Waals surface area contributed by atoms with Gasteiger partial charge in [0.05, 0.1) is 4.92 Å². The van der Waals surface area contributed by atoms with Crippen LogP contribution in [0.2, 0.25) is 5.02 Å². The van der Waals surface area contributed by atoms with E-state index >= 15 is 0 Å². The first-order valence-corrected chi connectivity index (χ1v) is 5.46. The second kappa shape index (κ2) is 4.67. The van der Waals surface area contributed by atoms with Gasteiger partial charge in [0.1, 0.15) is 5.02 Å². The maximum absolute atomic E-state index is 10.7. The number of nitrogens with one attached hydrogen (secondary N) is 2. The molecule has 0 aromatic heterocycles. The van der Waals surface area contributed by atoms with E-state index in [4.69, 9.17) is 11.6 Å². The van der Waals surface area contributed by atoms with Crippen LogP contribution >= 0.6 is 11.6 Å². The standard InChI is InChI=1S/C10H12ClN3O2/c11-9-2-1-7(5-10(9)14(15)16)13-8-3-4-12-6-8/h1-2,5,8,12-13H,3-4,6H2. The molecule has 86 valence electrons. The predicted octanol–water partition coefficient (Wildman–Crippen LogP) is 2.02. The fraction of sp³-hybridized carbons (Fsp3) is 0.400. The fourth-order valence-corrected chi connectivity index (χ4v) is 1.94. The van der Waals surface area contributed by atoms with Crippen LogP contribution in [0.4, 0.5) is 11.4 Å². The number of hydrogen-bond donors (Lipinski definition) is 2. The molecule has 2 rings (SSSR count). The zero-order valence-corrected chi connectivity index (χ0v) is 9.33. The minimum Gasteiger partial charge on any atom is -0.381 e. The molecular weight excluding hydrogens is 230 g/mol. The molecule has 2 N–H and O–H groups in total. The summed E-state index contributed by atoms with van der Waals surface area (Å²) in [5.74, 6) is 0. The first kappa shape index (κ1) is 11.2. The van der Waals surface area contributed by atoms with Gasteiger partial charge in [0.15, 0.2) is 0 Å². The van der Waals surface area contributed by atoms with Gasteiger partial charge >= 0.3 is 0 Å². The average molecular weight is 242 g/mol. The lowest BCUT2D eigenvalue weighted by atomic mass is 10.2. The summed E-state index contributed by atoms with van der Waals surface area (Å²) in [6, 6.07) is 5.11. The van der Waals surface area contributed by atoms with Crippen LogP contribution in [0.3, 0.4) is 0 Å². The molecule has 16 heavy (non-hydrogen) atoms. The Morgan fingerprint density at radius 3 is 3.00 bits per heavy atom.